The molecular formula is C18H27N4O6P. The van der Waals surface area contributed by atoms with Crippen LogP contribution in [0, 0.1) is 0 Å². The SMILES string of the molecule is CCCOC(=O)[C@H](C)NP(COc1ccccc1)ON=C(C(=O)NC)C(=O)NC. The predicted octanol–water partition coefficient (Wildman–Crippen LogP) is 1.13. The van der Waals surface area contributed by atoms with Crippen molar-refractivity contribution in [2.24, 2.45) is 5.16 Å². The molecule has 2 atom stereocenters. The molecule has 1 aromatic carbocycles. The lowest BCUT2D eigenvalue weighted by Crippen LogP contribution is -2.39. The first-order valence-electron chi connectivity index (χ1n) is 9.00. The van der Waals surface area contributed by atoms with E-state index in [-0.39, 0.29) is 6.35 Å². The van der Waals surface area contributed by atoms with Gasteiger partial charge in [-0.25, -0.2) is 5.09 Å². The molecule has 0 fully saturated rings. The number of nitrogens with zero attached hydrogens (tertiary/aromatic N) is 1. The zero-order chi connectivity index (χ0) is 21.6. The fourth-order valence-electron chi connectivity index (χ4n) is 1.84. The van der Waals surface area contributed by atoms with Gasteiger partial charge < -0.3 is 24.7 Å². The number of amides is 2. The van der Waals surface area contributed by atoms with Crippen molar-refractivity contribution >= 4 is 31.8 Å². The Labute approximate surface area is 171 Å². The number of carbonyl (C=O) groups excluding carboxylic acids is 3. The Morgan fingerprint density at radius 1 is 1.10 bits per heavy atom. The number of para-hydroxylation sites is 1. The van der Waals surface area contributed by atoms with Crippen molar-refractivity contribution in [2.45, 2.75) is 26.3 Å². The molecule has 29 heavy (non-hydrogen) atoms. The quantitative estimate of drug-likeness (QED) is 0.150. The van der Waals surface area contributed by atoms with Crippen molar-refractivity contribution in [1.82, 2.24) is 15.7 Å². The summed E-state index contributed by atoms with van der Waals surface area (Å²) in [6.45, 7) is 3.81. The van der Waals surface area contributed by atoms with Crippen LogP contribution in [0.5, 0.6) is 5.75 Å². The third-order valence-corrected chi connectivity index (χ3v) is 4.66. The van der Waals surface area contributed by atoms with Gasteiger partial charge in [-0.05, 0) is 25.5 Å². The highest BCUT2D eigenvalue weighted by molar-refractivity contribution is 7.50. The second kappa shape index (κ2) is 13.5. The first-order valence-corrected chi connectivity index (χ1v) is 10.4. The molecule has 0 aromatic heterocycles. The first kappa shape index (κ1) is 24.3. The number of hydrogen-bond donors (Lipinski definition) is 3. The van der Waals surface area contributed by atoms with E-state index in [9.17, 15) is 14.4 Å². The molecule has 2 amide bonds. The molecule has 0 aliphatic rings. The third kappa shape index (κ3) is 8.89. The molecule has 0 saturated carbocycles. The largest absolute Gasteiger partial charge is 0.484 e. The van der Waals surface area contributed by atoms with Gasteiger partial charge in [-0.2, -0.15) is 0 Å². The molecular weight excluding hydrogens is 399 g/mol. The van der Waals surface area contributed by atoms with E-state index in [4.69, 9.17) is 14.1 Å². The number of nitrogens with one attached hydrogen (secondary N) is 3. The molecule has 1 unspecified atom stereocenters. The molecule has 10 nitrogen and oxygen atoms in total. The van der Waals surface area contributed by atoms with Gasteiger partial charge in [0.15, 0.2) is 6.35 Å². The monoisotopic (exact) mass is 426 g/mol. The Bertz CT molecular complexity index is 683. The summed E-state index contributed by atoms with van der Waals surface area (Å²) >= 11 is 0. The van der Waals surface area contributed by atoms with E-state index in [1.807, 2.05) is 25.1 Å². The van der Waals surface area contributed by atoms with Crippen LogP contribution in [0.1, 0.15) is 20.3 Å². The Kier molecular flexibility index (Phi) is 11.3. The fraction of sp³-hybridized carbons (Fsp3) is 0.444. The fourth-order valence-corrected chi connectivity index (χ4v) is 3.00. The predicted molar refractivity (Wildman–Crippen MR) is 109 cm³/mol. The van der Waals surface area contributed by atoms with Crippen molar-refractivity contribution in [3.05, 3.63) is 30.3 Å². The highest BCUT2D eigenvalue weighted by Crippen LogP contribution is 2.34. The Morgan fingerprint density at radius 2 is 1.72 bits per heavy atom. The second-order valence-corrected chi connectivity index (χ2v) is 7.10. The van der Waals surface area contributed by atoms with E-state index < -0.39 is 37.8 Å². The summed E-state index contributed by atoms with van der Waals surface area (Å²) in [5.74, 6) is -1.28. The summed E-state index contributed by atoms with van der Waals surface area (Å²) in [7, 11) is 1.05. The number of rotatable bonds is 12. The maximum atomic E-state index is 12.0. The average molecular weight is 426 g/mol. The normalized spacial score (nSPS) is 12.1. The molecule has 1 rings (SSSR count). The van der Waals surface area contributed by atoms with Crippen LogP contribution >= 0.6 is 8.30 Å². The summed E-state index contributed by atoms with van der Waals surface area (Å²) in [6.07, 6.45) is 0.718. The van der Waals surface area contributed by atoms with Crippen LogP contribution in [0.15, 0.2) is 35.5 Å². The number of hydrogen-bond acceptors (Lipinski definition) is 8. The van der Waals surface area contributed by atoms with Crippen molar-refractivity contribution in [3.63, 3.8) is 0 Å². The van der Waals surface area contributed by atoms with Gasteiger partial charge in [0.25, 0.3) is 11.8 Å². The molecule has 0 heterocycles. The number of esters is 1. The van der Waals surface area contributed by atoms with Crippen molar-refractivity contribution in [2.75, 3.05) is 27.1 Å². The smallest absolute Gasteiger partial charge is 0.323 e. The summed E-state index contributed by atoms with van der Waals surface area (Å²) < 4.78 is 16.1. The van der Waals surface area contributed by atoms with Crippen molar-refractivity contribution in [1.29, 1.82) is 0 Å². The molecule has 0 saturated heterocycles. The van der Waals surface area contributed by atoms with Gasteiger partial charge in [0.1, 0.15) is 11.8 Å². The van der Waals surface area contributed by atoms with Crippen LogP contribution in [0.2, 0.25) is 0 Å². The Morgan fingerprint density at radius 3 is 2.28 bits per heavy atom. The third-order valence-electron chi connectivity index (χ3n) is 3.35. The van der Waals surface area contributed by atoms with Gasteiger partial charge in [0.05, 0.1) is 6.61 Å². The topological polar surface area (TPSA) is 127 Å². The molecule has 0 spiro atoms. The van der Waals surface area contributed by atoms with E-state index in [2.05, 4.69) is 20.9 Å². The highest BCUT2D eigenvalue weighted by atomic mass is 31.2. The first-order chi connectivity index (χ1) is 13.9. The minimum Gasteiger partial charge on any atom is -0.484 e. The molecule has 0 aliphatic carbocycles. The number of carbonyl (C=O) groups is 3. The van der Waals surface area contributed by atoms with Gasteiger partial charge in [-0.3, -0.25) is 14.4 Å². The maximum Gasteiger partial charge on any atom is 0.323 e. The van der Waals surface area contributed by atoms with Gasteiger partial charge in [0.2, 0.25) is 14.0 Å². The molecule has 3 N–H and O–H groups in total. The molecule has 0 bridgehead atoms. The molecule has 0 aliphatic heterocycles. The number of benzene rings is 1. The number of oxime groups is 1. The van der Waals surface area contributed by atoms with Crippen LogP contribution in [-0.2, 0) is 23.7 Å². The number of ether oxygens (including phenoxy) is 2. The summed E-state index contributed by atoms with van der Waals surface area (Å²) in [5, 5.41) is 11.2. The molecule has 11 heteroatoms. The van der Waals surface area contributed by atoms with Gasteiger partial charge in [-0.15, -0.1) is 0 Å². The summed E-state index contributed by atoms with van der Waals surface area (Å²) in [6, 6.07) is 8.28. The van der Waals surface area contributed by atoms with E-state index >= 15 is 0 Å². The molecule has 160 valence electrons. The van der Waals surface area contributed by atoms with Crippen LogP contribution in [0.25, 0.3) is 0 Å². The van der Waals surface area contributed by atoms with Crippen LogP contribution in [0.4, 0.5) is 0 Å². The zero-order valence-corrected chi connectivity index (χ0v) is 17.8. The molecule has 1 aromatic rings. The summed E-state index contributed by atoms with van der Waals surface area (Å²) in [5.41, 5.74) is -0.453. The Hall–Kier alpha value is -2.71. The Balaban J connectivity index is 2.89. The maximum absolute atomic E-state index is 12.0. The lowest BCUT2D eigenvalue weighted by atomic mass is 10.3. The zero-order valence-electron chi connectivity index (χ0n) is 16.9. The van der Waals surface area contributed by atoms with Gasteiger partial charge in [-0.1, -0.05) is 30.3 Å². The van der Waals surface area contributed by atoms with E-state index in [0.29, 0.717) is 18.8 Å². The summed E-state index contributed by atoms with van der Waals surface area (Å²) in [4.78, 5) is 35.7. The van der Waals surface area contributed by atoms with E-state index in [0.717, 1.165) is 0 Å². The standard InChI is InChI=1S/C18H27N4O6P/c1-5-11-26-18(25)13(2)22-29(12-27-14-9-7-6-8-10-14)28-21-15(16(23)19-3)17(24)20-4/h6-10,13,22H,5,11-12H2,1-4H3,(H,19,23)(H,20,24)/t13-,29?/m0/s1. The van der Waals surface area contributed by atoms with Crippen LogP contribution in [0.3, 0.4) is 0 Å². The minimum atomic E-state index is -1.68. The van der Waals surface area contributed by atoms with Gasteiger partial charge >= 0.3 is 5.97 Å². The average Bonchev–Trinajstić information content (AvgIpc) is 2.75. The lowest BCUT2D eigenvalue weighted by molar-refractivity contribution is -0.145. The van der Waals surface area contributed by atoms with Crippen molar-refractivity contribution in [3.8, 4) is 5.75 Å². The second-order valence-electron chi connectivity index (χ2n) is 5.66. The van der Waals surface area contributed by atoms with Crippen LogP contribution < -0.4 is 20.5 Å². The highest BCUT2D eigenvalue weighted by Gasteiger charge is 2.24. The molecule has 0 radical (unpaired) electrons. The van der Waals surface area contributed by atoms with Crippen LogP contribution in [-0.4, -0.2) is 56.6 Å². The minimum absolute atomic E-state index is 0.0169. The van der Waals surface area contributed by atoms with Crippen molar-refractivity contribution < 1.29 is 28.5 Å². The van der Waals surface area contributed by atoms with Gasteiger partial charge in [0, 0.05) is 14.1 Å². The van der Waals surface area contributed by atoms with E-state index in [1.54, 1.807) is 19.1 Å². The lowest BCUT2D eigenvalue weighted by Gasteiger charge is -2.20. The van der Waals surface area contributed by atoms with E-state index in [1.165, 1.54) is 14.1 Å².